The normalized spacial score (nSPS) is 40.7. The molecule has 4 unspecified atom stereocenters. The molecular formula is C44H78N2. The first-order valence-corrected chi connectivity index (χ1v) is 22.2. The van der Waals surface area contributed by atoms with Crippen molar-refractivity contribution < 1.29 is 0 Å². The summed E-state index contributed by atoms with van der Waals surface area (Å²) in [5.41, 5.74) is 0.707. The highest BCUT2D eigenvalue weighted by Crippen LogP contribution is 2.57. The fourth-order valence-corrected chi connectivity index (χ4v) is 14.2. The second kappa shape index (κ2) is 16.3. The number of hydrogen-bond acceptors (Lipinski definition) is 2. The SMILES string of the molecule is CC1CCCC(N(C2CCCCC2)C2CCC(C3(C4CCC(N(C5CCCCC5)C5CCCC(C)C5)CC4)CCCCC3)CC2)C1. The van der Waals surface area contributed by atoms with Gasteiger partial charge in [0.25, 0.3) is 0 Å². The highest BCUT2D eigenvalue weighted by Gasteiger charge is 2.49. The van der Waals surface area contributed by atoms with E-state index in [1.165, 1.54) is 122 Å². The van der Waals surface area contributed by atoms with Crippen LogP contribution in [-0.2, 0) is 0 Å². The zero-order valence-corrected chi connectivity index (χ0v) is 31.1. The minimum Gasteiger partial charge on any atom is -0.294 e. The smallest absolute Gasteiger partial charge is 0.0104 e. The van der Waals surface area contributed by atoms with Crippen LogP contribution in [0.4, 0.5) is 0 Å². The van der Waals surface area contributed by atoms with E-state index in [2.05, 4.69) is 23.6 Å². The molecule has 0 radical (unpaired) electrons. The average molecular weight is 635 g/mol. The lowest BCUT2D eigenvalue weighted by molar-refractivity contribution is -0.0573. The van der Waals surface area contributed by atoms with Gasteiger partial charge < -0.3 is 0 Å². The topological polar surface area (TPSA) is 6.48 Å². The third kappa shape index (κ3) is 7.79. The molecule has 0 heterocycles. The van der Waals surface area contributed by atoms with Crippen molar-refractivity contribution in [3.63, 3.8) is 0 Å². The third-order valence-electron chi connectivity index (χ3n) is 16.3. The molecule has 7 aliphatic carbocycles. The van der Waals surface area contributed by atoms with Gasteiger partial charge in [-0.15, -0.1) is 0 Å². The van der Waals surface area contributed by atoms with Gasteiger partial charge in [0.15, 0.2) is 0 Å². The highest BCUT2D eigenvalue weighted by molar-refractivity contribution is 5.01. The van der Waals surface area contributed by atoms with E-state index in [-0.39, 0.29) is 0 Å². The molecule has 7 aliphatic rings. The van der Waals surface area contributed by atoms with Crippen LogP contribution >= 0.6 is 0 Å². The Labute approximate surface area is 287 Å². The Bertz CT molecular complexity index is 814. The van der Waals surface area contributed by atoms with Crippen LogP contribution in [0.25, 0.3) is 0 Å². The van der Waals surface area contributed by atoms with Crippen molar-refractivity contribution in [1.29, 1.82) is 0 Å². The Morgan fingerprint density at radius 1 is 0.326 bits per heavy atom. The van der Waals surface area contributed by atoms with Gasteiger partial charge >= 0.3 is 0 Å². The molecule has 0 spiro atoms. The summed E-state index contributed by atoms with van der Waals surface area (Å²) >= 11 is 0. The first-order chi connectivity index (χ1) is 22.6. The van der Waals surface area contributed by atoms with Gasteiger partial charge in [-0.25, -0.2) is 0 Å². The van der Waals surface area contributed by atoms with Crippen LogP contribution < -0.4 is 0 Å². The summed E-state index contributed by atoms with van der Waals surface area (Å²) in [6, 6.07) is 5.48. The predicted molar refractivity (Wildman–Crippen MR) is 197 cm³/mol. The summed E-state index contributed by atoms with van der Waals surface area (Å²) in [5.74, 6) is 3.99. The molecule has 0 saturated heterocycles. The quantitative estimate of drug-likeness (QED) is 0.262. The maximum atomic E-state index is 3.25. The van der Waals surface area contributed by atoms with E-state index in [0.717, 1.165) is 59.9 Å². The molecule has 2 heteroatoms. The highest BCUT2D eigenvalue weighted by atomic mass is 15.2. The van der Waals surface area contributed by atoms with Gasteiger partial charge in [-0.2, -0.15) is 0 Å². The molecule has 0 aromatic carbocycles. The summed E-state index contributed by atoms with van der Waals surface area (Å²) in [6.45, 7) is 5.13. The zero-order valence-electron chi connectivity index (χ0n) is 31.1. The van der Waals surface area contributed by atoms with Crippen LogP contribution in [0.15, 0.2) is 0 Å². The maximum Gasteiger partial charge on any atom is 0.0104 e. The molecular weight excluding hydrogens is 556 g/mol. The first kappa shape index (κ1) is 34.4. The van der Waals surface area contributed by atoms with Crippen molar-refractivity contribution in [2.24, 2.45) is 29.1 Å². The lowest BCUT2D eigenvalue weighted by Crippen LogP contribution is -2.54. The van der Waals surface area contributed by atoms with Gasteiger partial charge in [-0.1, -0.05) is 97.3 Å². The number of rotatable bonds is 8. The van der Waals surface area contributed by atoms with Crippen molar-refractivity contribution in [3.8, 4) is 0 Å². The molecule has 0 N–H and O–H groups in total. The van der Waals surface area contributed by atoms with Crippen molar-refractivity contribution in [1.82, 2.24) is 9.80 Å². The second-order valence-electron chi connectivity index (χ2n) is 19.1. The van der Waals surface area contributed by atoms with Gasteiger partial charge in [0.1, 0.15) is 0 Å². The van der Waals surface area contributed by atoms with Crippen LogP contribution in [0.3, 0.4) is 0 Å². The largest absolute Gasteiger partial charge is 0.294 e. The molecule has 7 rings (SSSR count). The van der Waals surface area contributed by atoms with Gasteiger partial charge in [0, 0.05) is 36.3 Å². The fraction of sp³-hybridized carbons (Fsp3) is 1.00. The fourth-order valence-electron chi connectivity index (χ4n) is 14.2. The van der Waals surface area contributed by atoms with Gasteiger partial charge in [0.2, 0.25) is 0 Å². The molecule has 4 atom stereocenters. The standard InChI is InChI=1S/C44H78N2/c1-34-14-12-20-42(32-34)45(38-16-6-3-7-17-38)40-26-22-36(23-27-40)44(30-10-5-11-31-44)37-24-28-41(29-25-37)46(39-18-8-4-9-19-39)43-21-13-15-35(2)33-43/h34-43H,3-33H2,1-2H3. The molecule has 0 amide bonds. The summed E-state index contributed by atoms with van der Waals surface area (Å²) in [7, 11) is 0. The van der Waals surface area contributed by atoms with Crippen molar-refractivity contribution in [2.45, 2.75) is 249 Å². The Kier molecular flexibility index (Phi) is 12.2. The molecule has 0 bridgehead atoms. The molecule has 46 heavy (non-hydrogen) atoms. The van der Waals surface area contributed by atoms with Crippen molar-refractivity contribution in [2.75, 3.05) is 0 Å². The third-order valence-corrected chi connectivity index (χ3v) is 16.3. The summed E-state index contributed by atoms with van der Waals surface area (Å²) in [6.07, 6.45) is 47.3. The Balaban J connectivity index is 1.02. The molecule has 2 nitrogen and oxygen atoms in total. The Hall–Kier alpha value is -0.0800. The van der Waals surface area contributed by atoms with Gasteiger partial charge in [-0.05, 0) is 145 Å². The minimum atomic E-state index is 0.707. The van der Waals surface area contributed by atoms with Crippen LogP contribution in [-0.4, -0.2) is 46.1 Å². The van der Waals surface area contributed by atoms with Crippen LogP contribution in [0.1, 0.15) is 213 Å². The van der Waals surface area contributed by atoms with E-state index < -0.39 is 0 Å². The summed E-state index contributed by atoms with van der Waals surface area (Å²) in [5, 5.41) is 0. The second-order valence-corrected chi connectivity index (χ2v) is 19.1. The van der Waals surface area contributed by atoms with Crippen molar-refractivity contribution >= 4 is 0 Å². The summed E-state index contributed by atoms with van der Waals surface area (Å²) in [4.78, 5) is 6.49. The number of nitrogens with zero attached hydrogens (tertiary/aromatic N) is 2. The van der Waals surface area contributed by atoms with E-state index in [9.17, 15) is 0 Å². The first-order valence-electron chi connectivity index (χ1n) is 22.2. The average Bonchev–Trinajstić information content (AvgIpc) is 3.11. The molecule has 0 aromatic heterocycles. The predicted octanol–water partition coefficient (Wildman–Crippen LogP) is 12.5. The monoisotopic (exact) mass is 635 g/mol. The van der Waals surface area contributed by atoms with E-state index in [4.69, 9.17) is 0 Å². The molecule has 264 valence electrons. The summed E-state index contributed by atoms with van der Waals surface area (Å²) < 4.78 is 0. The minimum absolute atomic E-state index is 0.707. The van der Waals surface area contributed by atoms with E-state index >= 15 is 0 Å². The van der Waals surface area contributed by atoms with Crippen molar-refractivity contribution in [3.05, 3.63) is 0 Å². The van der Waals surface area contributed by atoms with Gasteiger partial charge in [0.05, 0.1) is 0 Å². The van der Waals surface area contributed by atoms with E-state index in [1.807, 2.05) is 0 Å². The van der Waals surface area contributed by atoms with E-state index in [0.29, 0.717) is 5.41 Å². The molecule has 7 fully saturated rings. The molecule has 0 aliphatic heterocycles. The number of hydrogen-bond donors (Lipinski definition) is 0. The Morgan fingerprint density at radius 3 is 1.07 bits per heavy atom. The van der Waals surface area contributed by atoms with E-state index in [1.54, 1.807) is 77.0 Å². The van der Waals surface area contributed by atoms with Crippen LogP contribution in [0.2, 0.25) is 0 Å². The molecule has 7 saturated carbocycles. The van der Waals surface area contributed by atoms with Crippen LogP contribution in [0, 0.1) is 29.1 Å². The lowest BCUT2D eigenvalue weighted by atomic mass is 9.53. The maximum absolute atomic E-state index is 3.25. The van der Waals surface area contributed by atoms with Crippen LogP contribution in [0.5, 0.6) is 0 Å². The zero-order chi connectivity index (χ0) is 31.3. The lowest BCUT2D eigenvalue weighted by Gasteiger charge is -2.56. The Morgan fingerprint density at radius 2 is 0.674 bits per heavy atom. The molecule has 0 aromatic rings. The van der Waals surface area contributed by atoms with Gasteiger partial charge in [-0.3, -0.25) is 9.80 Å².